The fourth-order valence-electron chi connectivity index (χ4n) is 2.76. The first-order valence-corrected chi connectivity index (χ1v) is 8.98. The van der Waals surface area contributed by atoms with E-state index in [0.717, 1.165) is 12.8 Å². The third-order valence-corrected chi connectivity index (χ3v) is 4.22. The summed E-state index contributed by atoms with van der Waals surface area (Å²) < 4.78 is 10.5. The van der Waals surface area contributed by atoms with Gasteiger partial charge in [-0.25, -0.2) is 0 Å². The number of methoxy groups -OCH3 is 2. The summed E-state index contributed by atoms with van der Waals surface area (Å²) in [5.74, 6) is 1.47. The molecular weight excluding hydrogens is 288 g/mol. The number of unbranched alkanes of at least 4 members (excludes halogenated alkanes) is 8. The number of carbonyl (C=O) groups is 1. The number of carbonyl (C=O) groups excluding carboxylic acids is 1. The van der Waals surface area contributed by atoms with E-state index in [1.54, 1.807) is 26.4 Å². The zero-order chi connectivity index (χ0) is 16.9. The fourth-order valence-corrected chi connectivity index (χ4v) is 2.76. The van der Waals surface area contributed by atoms with Crippen LogP contribution < -0.4 is 9.47 Å². The topological polar surface area (TPSA) is 35.5 Å². The second-order valence-electron chi connectivity index (χ2n) is 6.07. The predicted octanol–water partition coefficient (Wildman–Crippen LogP) is 5.81. The van der Waals surface area contributed by atoms with E-state index in [1.165, 1.54) is 44.9 Å². The van der Waals surface area contributed by atoms with Crippen molar-refractivity contribution in [3.63, 3.8) is 0 Å². The van der Waals surface area contributed by atoms with E-state index in [-0.39, 0.29) is 5.78 Å². The Morgan fingerprint density at radius 2 is 1.48 bits per heavy atom. The summed E-state index contributed by atoms with van der Waals surface area (Å²) in [6, 6.07) is 5.38. The minimum absolute atomic E-state index is 0.160. The first-order valence-electron chi connectivity index (χ1n) is 8.98. The summed E-state index contributed by atoms with van der Waals surface area (Å²) in [5, 5.41) is 0. The molecule has 0 unspecified atom stereocenters. The molecule has 0 aromatic heterocycles. The molecule has 0 N–H and O–H groups in total. The van der Waals surface area contributed by atoms with Crippen molar-refractivity contribution in [2.75, 3.05) is 14.2 Å². The lowest BCUT2D eigenvalue weighted by molar-refractivity contribution is 0.0976. The average Bonchev–Trinajstić information content (AvgIpc) is 2.59. The molecular formula is C20H32O3. The molecule has 0 aliphatic rings. The predicted molar refractivity (Wildman–Crippen MR) is 95.7 cm³/mol. The molecule has 23 heavy (non-hydrogen) atoms. The van der Waals surface area contributed by atoms with E-state index < -0.39 is 0 Å². The van der Waals surface area contributed by atoms with Gasteiger partial charge in [0.15, 0.2) is 5.78 Å². The van der Waals surface area contributed by atoms with Crippen LogP contribution in [0.4, 0.5) is 0 Å². The zero-order valence-electron chi connectivity index (χ0n) is 15.0. The van der Waals surface area contributed by atoms with Crippen molar-refractivity contribution in [3.8, 4) is 11.5 Å². The molecule has 0 aliphatic heterocycles. The molecule has 0 radical (unpaired) electrons. The highest BCUT2D eigenvalue weighted by atomic mass is 16.5. The summed E-state index contributed by atoms with van der Waals surface area (Å²) in [6.45, 7) is 2.24. The lowest BCUT2D eigenvalue weighted by atomic mass is 10.0. The minimum atomic E-state index is 0.160. The van der Waals surface area contributed by atoms with Gasteiger partial charge in [-0.3, -0.25) is 4.79 Å². The quantitative estimate of drug-likeness (QED) is 0.340. The van der Waals surface area contributed by atoms with Crippen molar-refractivity contribution in [2.45, 2.75) is 71.1 Å². The number of hydrogen-bond acceptors (Lipinski definition) is 3. The smallest absolute Gasteiger partial charge is 0.166 e. The monoisotopic (exact) mass is 320 g/mol. The van der Waals surface area contributed by atoms with Crippen LogP contribution in [0.2, 0.25) is 0 Å². The Balaban J connectivity index is 2.24. The van der Waals surface area contributed by atoms with E-state index in [1.807, 2.05) is 6.07 Å². The van der Waals surface area contributed by atoms with Crippen molar-refractivity contribution in [3.05, 3.63) is 23.8 Å². The van der Waals surface area contributed by atoms with Crippen LogP contribution in [0.3, 0.4) is 0 Å². The van der Waals surface area contributed by atoms with E-state index in [2.05, 4.69) is 6.92 Å². The normalized spacial score (nSPS) is 10.6. The van der Waals surface area contributed by atoms with Crippen LogP contribution in [0.1, 0.15) is 81.5 Å². The lowest BCUT2D eigenvalue weighted by Crippen LogP contribution is -2.02. The van der Waals surface area contributed by atoms with Gasteiger partial charge in [-0.15, -0.1) is 0 Å². The van der Waals surface area contributed by atoms with Crippen LogP contribution >= 0.6 is 0 Å². The highest BCUT2D eigenvalue weighted by Gasteiger charge is 2.12. The largest absolute Gasteiger partial charge is 0.497 e. The molecule has 0 saturated heterocycles. The molecule has 130 valence electrons. The van der Waals surface area contributed by atoms with Crippen molar-refractivity contribution >= 4 is 5.78 Å². The maximum Gasteiger partial charge on any atom is 0.166 e. The molecule has 3 nitrogen and oxygen atoms in total. The summed E-state index contributed by atoms with van der Waals surface area (Å²) in [4.78, 5) is 12.3. The Labute approximate surface area is 141 Å². The molecule has 1 aromatic carbocycles. The lowest BCUT2D eigenvalue weighted by Gasteiger charge is -2.09. The Kier molecular flexibility index (Phi) is 10.2. The standard InChI is InChI=1S/C20H32O3/c1-4-5-6-7-8-9-10-11-12-13-19(21)18-15-14-17(22-2)16-20(18)23-3/h14-16H,4-13H2,1-3H3. The SMILES string of the molecule is CCCCCCCCCCCC(=O)c1ccc(OC)cc1OC. The number of rotatable bonds is 13. The average molecular weight is 320 g/mol. The van der Waals surface area contributed by atoms with E-state index in [9.17, 15) is 4.79 Å². The zero-order valence-corrected chi connectivity index (χ0v) is 15.0. The molecule has 0 heterocycles. The molecule has 0 spiro atoms. The van der Waals surface area contributed by atoms with Crippen LogP contribution in [-0.4, -0.2) is 20.0 Å². The minimum Gasteiger partial charge on any atom is -0.497 e. The van der Waals surface area contributed by atoms with E-state index in [4.69, 9.17) is 9.47 Å². The third-order valence-electron chi connectivity index (χ3n) is 4.22. The van der Waals surface area contributed by atoms with Gasteiger partial charge in [0.25, 0.3) is 0 Å². The Morgan fingerprint density at radius 1 is 0.870 bits per heavy atom. The van der Waals surface area contributed by atoms with Crippen molar-refractivity contribution in [2.24, 2.45) is 0 Å². The Hall–Kier alpha value is -1.51. The van der Waals surface area contributed by atoms with Gasteiger partial charge < -0.3 is 9.47 Å². The molecule has 0 aliphatic carbocycles. The first kappa shape index (κ1) is 19.5. The van der Waals surface area contributed by atoms with E-state index >= 15 is 0 Å². The summed E-state index contributed by atoms with van der Waals surface area (Å²) in [5.41, 5.74) is 0.660. The van der Waals surface area contributed by atoms with Crippen molar-refractivity contribution < 1.29 is 14.3 Å². The summed E-state index contributed by atoms with van der Waals surface area (Å²) >= 11 is 0. The molecule has 0 fully saturated rings. The van der Waals surface area contributed by atoms with Crippen LogP contribution in [0.5, 0.6) is 11.5 Å². The van der Waals surface area contributed by atoms with Crippen molar-refractivity contribution in [1.82, 2.24) is 0 Å². The molecule has 0 bridgehead atoms. The first-order chi connectivity index (χ1) is 11.2. The van der Waals surface area contributed by atoms with Crippen LogP contribution in [0, 0.1) is 0 Å². The molecule has 1 rings (SSSR count). The second-order valence-corrected chi connectivity index (χ2v) is 6.07. The van der Waals surface area contributed by atoms with Gasteiger partial charge in [0.2, 0.25) is 0 Å². The number of ether oxygens (including phenoxy) is 2. The van der Waals surface area contributed by atoms with Gasteiger partial charge in [0.1, 0.15) is 11.5 Å². The van der Waals surface area contributed by atoms with Gasteiger partial charge >= 0.3 is 0 Å². The maximum absolute atomic E-state index is 12.3. The third kappa shape index (κ3) is 7.54. The van der Waals surface area contributed by atoms with Gasteiger partial charge in [-0.1, -0.05) is 58.3 Å². The Morgan fingerprint density at radius 3 is 2.04 bits per heavy atom. The number of benzene rings is 1. The van der Waals surface area contributed by atoms with Crippen LogP contribution in [0.15, 0.2) is 18.2 Å². The maximum atomic E-state index is 12.3. The summed E-state index contributed by atoms with van der Waals surface area (Å²) in [7, 11) is 3.20. The van der Waals surface area contributed by atoms with Gasteiger partial charge in [-0.2, -0.15) is 0 Å². The Bertz CT molecular complexity index is 454. The van der Waals surface area contributed by atoms with E-state index in [0.29, 0.717) is 23.5 Å². The van der Waals surface area contributed by atoms with Crippen LogP contribution in [-0.2, 0) is 0 Å². The number of Topliss-reactive ketones (excluding diaryl/α,β-unsaturated/α-hetero) is 1. The highest BCUT2D eigenvalue weighted by Crippen LogP contribution is 2.26. The number of hydrogen-bond donors (Lipinski definition) is 0. The van der Waals surface area contributed by atoms with Gasteiger partial charge in [0.05, 0.1) is 19.8 Å². The summed E-state index contributed by atoms with van der Waals surface area (Å²) in [6.07, 6.45) is 11.9. The fraction of sp³-hybridized carbons (Fsp3) is 0.650. The molecule has 3 heteroatoms. The van der Waals surface area contributed by atoms with Gasteiger partial charge in [-0.05, 0) is 18.6 Å². The molecule has 1 aromatic rings. The van der Waals surface area contributed by atoms with Crippen molar-refractivity contribution in [1.29, 1.82) is 0 Å². The second kappa shape index (κ2) is 12.0. The van der Waals surface area contributed by atoms with Crippen LogP contribution in [0.25, 0.3) is 0 Å². The number of ketones is 1. The molecule has 0 atom stereocenters. The molecule has 0 saturated carbocycles. The van der Waals surface area contributed by atoms with Gasteiger partial charge in [0, 0.05) is 12.5 Å². The highest BCUT2D eigenvalue weighted by molar-refractivity contribution is 5.98. The molecule has 0 amide bonds.